The highest BCUT2D eigenvalue weighted by atomic mass is 35.5. The molecule has 0 aliphatic carbocycles. The Morgan fingerprint density at radius 1 is 1.13 bits per heavy atom. The summed E-state index contributed by atoms with van der Waals surface area (Å²) in [6, 6.07) is 11.0. The van der Waals surface area contributed by atoms with Gasteiger partial charge in [-0.1, -0.05) is 42.8 Å². The quantitative estimate of drug-likeness (QED) is 0.611. The summed E-state index contributed by atoms with van der Waals surface area (Å²) in [7, 11) is -2.40. The highest BCUT2D eigenvalue weighted by Crippen LogP contribution is 2.27. The maximum atomic E-state index is 13.3. The summed E-state index contributed by atoms with van der Waals surface area (Å²) in [6.45, 7) is 1.20. The van der Waals surface area contributed by atoms with E-state index < -0.39 is 34.3 Å². The maximum absolute atomic E-state index is 13.3. The molecule has 0 aliphatic heterocycles. The Bertz CT molecular complexity index is 1030. The molecule has 0 fully saturated rings. The average molecular weight is 470 g/mol. The lowest BCUT2D eigenvalue weighted by molar-refractivity contribution is -0.140. The molecule has 7 nitrogen and oxygen atoms in total. The van der Waals surface area contributed by atoms with Crippen LogP contribution < -0.4 is 9.62 Å². The number of hydrogen-bond donors (Lipinski definition) is 1. The van der Waals surface area contributed by atoms with Gasteiger partial charge in [0.2, 0.25) is 21.8 Å². The number of nitrogens with one attached hydrogen (secondary N) is 1. The molecule has 2 amide bonds. The van der Waals surface area contributed by atoms with Crippen LogP contribution in [0.5, 0.6) is 0 Å². The third-order valence-corrected chi connectivity index (χ3v) is 6.14. The van der Waals surface area contributed by atoms with Crippen LogP contribution >= 0.6 is 11.6 Å². The number of hydrogen-bond acceptors (Lipinski definition) is 4. The van der Waals surface area contributed by atoms with Gasteiger partial charge in [0.05, 0.1) is 17.0 Å². The fraction of sp³-hybridized carbons (Fsp3) is 0.333. The van der Waals surface area contributed by atoms with Crippen molar-refractivity contribution in [3.8, 4) is 0 Å². The first-order valence-electron chi connectivity index (χ1n) is 9.56. The second-order valence-corrected chi connectivity index (χ2v) is 9.22. The van der Waals surface area contributed by atoms with E-state index in [4.69, 9.17) is 11.6 Å². The van der Waals surface area contributed by atoms with Crippen LogP contribution in [0.4, 0.5) is 10.1 Å². The zero-order valence-corrected chi connectivity index (χ0v) is 19.1. The van der Waals surface area contributed by atoms with E-state index in [-0.39, 0.29) is 23.2 Å². The van der Waals surface area contributed by atoms with Crippen LogP contribution in [-0.4, -0.2) is 51.0 Å². The molecule has 0 aromatic heterocycles. The number of para-hydroxylation sites is 1. The Hall–Kier alpha value is -2.65. The van der Waals surface area contributed by atoms with E-state index in [1.165, 1.54) is 48.3 Å². The van der Waals surface area contributed by atoms with E-state index in [2.05, 4.69) is 5.32 Å². The lowest BCUT2D eigenvalue weighted by atomic mass is 10.1. The van der Waals surface area contributed by atoms with Crippen molar-refractivity contribution in [3.63, 3.8) is 0 Å². The molecule has 0 spiro atoms. The predicted molar refractivity (Wildman–Crippen MR) is 119 cm³/mol. The van der Waals surface area contributed by atoms with Crippen molar-refractivity contribution >= 4 is 39.1 Å². The van der Waals surface area contributed by atoms with E-state index in [0.29, 0.717) is 12.0 Å². The van der Waals surface area contributed by atoms with Crippen LogP contribution in [0.3, 0.4) is 0 Å². The fourth-order valence-electron chi connectivity index (χ4n) is 3.12. The normalized spacial score (nSPS) is 12.2. The van der Waals surface area contributed by atoms with Gasteiger partial charge in [0, 0.05) is 13.6 Å². The Balaban J connectivity index is 2.43. The van der Waals surface area contributed by atoms with Gasteiger partial charge in [0.15, 0.2) is 0 Å². The van der Waals surface area contributed by atoms with Crippen LogP contribution in [0, 0.1) is 5.82 Å². The number of carbonyl (C=O) groups is 2. The van der Waals surface area contributed by atoms with Crippen molar-refractivity contribution in [1.29, 1.82) is 0 Å². The molecule has 2 rings (SSSR count). The second kappa shape index (κ2) is 10.6. The minimum atomic E-state index is -3.85. The van der Waals surface area contributed by atoms with Crippen molar-refractivity contribution in [2.24, 2.45) is 0 Å². The van der Waals surface area contributed by atoms with Crippen molar-refractivity contribution in [2.75, 3.05) is 24.2 Å². The molecule has 0 bridgehead atoms. The molecule has 1 atom stereocenters. The molecule has 0 saturated carbocycles. The minimum Gasteiger partial charge on any atom is -0.357 e. The Kier molecular flexibility index (Phi) is 8.41. The van der Waals surface area contributed by atoms with E-state index in [1.807, 2.05) is 0 Å². The molecule has 0 saturated heterocycles. The number of nitrogens with zero attached hydrogens (tertiary/aromatic N) is 2. The highest BCUT2D eigenvalue weighted by Gasteiger charge is 2.31. The van der Waals surface area contributed by atoms with Crippen LogP contribution in [-0.2, 0) is 26.2 Å². The molecular formula is C21H25ClFN3O4S. The molecule has 2 aromatic carbocycles. The van der Waals surface area contributed by atoms with Gasteiger partial charge in [0.1, 0.15) is 18.4 Å². The van der Waals surface area contributed by atoms with Gasteiger partial charge >= 0.3 is 0 Å². The number of carbonyl (C=O) groups excluding carboxylic acids is 2. The van der Waals surface area contributed by atoms with Gasteiger partial charge in [-0.2, -0.15) is 0 Å². The standard InChI is InChI=1S/C21H25ClFN3O4S/c1-4-18(21(28)24-2)25(13-15-9-11-16(23)12-10-15)20(27)14-26(31(3,29)30)19-8-6-5-7-17(19)22/h5-12,18H,4,13-14H2,1-3H3,(H,24,28). The second-order valence-electron chi connectivity index (χ2n) is 6.91. The summed E-state index contributed by atoms with van der Waals surface area (Å²) in [5, 5.41) is 2.70. The van der Waals surface area contributed by atoms with Crippen LogP contribution in [0.15, 0.2) is 48.5 Å². The Morgan fingerprint density at radius 3 is 2.26 bits per heavy atom. The van der Waals surface area contributed by atoms with E-state index in [1.54, 1.807) is 19.1 Å². The molecule has 0 radical (unpaired) electrons. The summed E-state index contributed by atoms with van der Waals surface area (Å²) >= 11 is 6.16. The van der Waals surface area contributed by atoms with Crippen molar-refractivity contribution in [3.05, 3.63) is 64.9 Å². The lowest BCUT2D eigenvalue weighted by Crippen LogP contribution is -2.51. The highest BCUT2D eigenvalue weighted by molar-refractivity contribution is 7.92. The van der Waals surface area contributed by atoms with Gasteiger partial charge in [0.25, 0.3) is 0 Å². The van der Waals surface area contributed by atoms with Crippen molar-refractivity contribution in [1.82, 2.24) is 10.2 Å². The molecule has 168 valence electrons. The molecule has 2 aromatic rings. The maximum Gasteiger partial charge on any atom is 0.244 e. The zero-order chi connectivity index (χ0) is 23.2. The van der Waals surface area contributed by atoms with Crippen LogP contribution in [0.2, 0.25) is 5.02 Å². The van der Waals surface area contributed by atoms with Gasteiger partial charge < -0.3 is 10.2 Å². The third kappa shape index (κ3) is 6.41. The van der Waals surface area contributed by atoms with E-state index in [0.717, 1.165) is 10.6 Å². The summed E-state index contributed by atoms with van der Waals surface area (Å²) in [5.41, 5.74) is 0.760. The van der Waals surface area contributed by atoms with Crippen molar-refractivity contribution < 1.29 is 22.4 Å². The zero-order valence-electron chi connectivity index (χ0n) is 17.5. The average Bonchev–Trinajstić information content (AvgIpc) is 2.72. The number of rotatable bonds is 9. The summed E-state index contributed by atoms with van der Waals surface area (Å²) < 4.78 is 39.1. The predicted octanol–water partition coefficient (Wildman–Crippen LogP) is 2.80. The monoisotopic (exact) mass is 469 g/mol. The first-order chi connectivity index (χ1) is 14.6. The largest absolute Gasteiger partial charge is 0.357 e. The van der Waals surface area contributed by atoms with E-state index in [9.17, 15) is 22.4 Å². The number of likely N-dealkylation sites (N-methyl/N-ethyl adjacent to an activating group) is 1. The molecular weight excluding hydrogens is 445 g/mol. The number of benzene rings is 2. The van der Waals surface area contributed by atoms with Gasteiger partial charge in [-0.05, 0) is 36.2 Å². The SMILES string of the molecule is CCC(C(=O)NC)N(Cc1ccc(F)cc1)C(=O)CN(c1ccccc1Cl)S(C)(=O)=O. The first kappa shape index (κ1) is 24.6. The molecule has 1 N–H and O–H groups in total. The number of amides is 2. The summed E-state index contributed by atoms with van der Waals surface area (Å²) in [6.07, 6.45) is 1.28. The number of halogens is 2. The number of sulfonamides is 1. The summed E-state index contributed by atoms with van der Waals surface area (Å²) in [4.78, 5) is 27.0. The topological polar surface area (TPSA) is 86.8 Å². The van der Waals surface area contributed by atoms with Gasteiger partial charge in [-0.15, -0.1) is 0 Å². The molecule has 10 heteroatoms. The smallest absolute Gasteiger partial charge is 0.244 e. The fourth-order valence-corrected chi connectivity index (χ4v) is 4.27. The third-order valence-electron chi connectivity index (χ3n) is 4.70. The molecule has 31 heavy (non-hydrogen) atoms. The van der Waals surface area contributed by atoms with E-state index >= 15 is 0 Å². The van der Waals surface area contributed by atoms with Crippen LogP contribution in [0.1, 0.15) is 18.9 Å². The molecule has 0 heterocycles. The lowest BCUT2D eigenvalue weighted by Gasteiger charge is -2.32. The first-order valence-corrected chi connectivity index (χ1v) is 11.8. The van der Waals surface area contributed by atoms with Gasteiger partial charge in [-0.3, -0.25) is 13.9 Å². The number of anilines is 1. The van der Waals surface area contributed by atoms with Crippen LogP contribution in [0.25, 0.3) is 0 Å². The summed E-state index contributed by atoms with van der Waals surface area (Å²) in [5.74, 6) is -1.41. The molecule has 0 aliphatic rings. The molecule has 1 unspecified atom stereocenters. The minimum absolute atomic E-state index is 0.00512. The van der Waals surface area contributed by atoms with Gasteiger partial charge in [-0.25, -0.2) is 12.8 Å². The van der Waals surface area contributed by atoms with Crippen molar-refractivity contribution in [2.45, 2.75) is 25.9 Å². The Morgan fingerprint density at radius 2 is 1.74 bits per heavy atom. The Labute approximate surface area is 186 Å².